The summed E-state index contributed by atoms with van der Waals surface area (Å²) in [5.41, 5.74) is 8.87. The zero-order valence-corrected chi connectivity index (χ0v) is 18.5. The second-order valence-electron chi connectivity index (χ2n) is 8.79. The lowest BCUT2D eigenvalue weighted by molar-refractivity contribution is 0.579. The molecule has 6 rings (SSSR count). The summed E-state index contributed by atoms with van der Waals surface area (Å²) < 4.78 is 1.81. The predicted molar refractivity (Wildman–Crippen MR) is 130 cm³/mol. The number of fused-ring (bicyclic) bond motifs is 2. The number of aliphatic imine (C=N–C) groups is 1. The molecule has 0 saturated carbocycles. The molecular formula is C25H27N7. The third-order valence-corrected chi connectivity index (χ3v) is 6.60. The van der Waals surface area contributed by atoms with Crippen LogP contribution in [0.1, 0.15) is 36.1 Å². The van der Waals surface area contributed by atoms with Crippen molar-refractivity contribution in [2.24, 2.45) is 12.0 Å². The molecule has 32 heavy (non-hydrogen) atoms. The standard InChI is InChI=1S/C25H27N7/c1-16-6-7-22(32-8-4-3-5-9-32)19-11-21(30-23(16)19)24-20-10-17(18-13-29-31(2)14-18)12-26-25(20)28-15-27-24/h6-7,10-14,30H,3-5,8-9,15H2,1-2H3,(H,26,28). The first-order valence-electron chi connectivity index (χ1n) is 11.3. The van der Waals surface area contributed by atoms with Gasteiger partial charge >= 0.3 is 0 Å². The quantitative estimate of drug-likeness (QED) is 0.507. The highest BCUT2D eigenvalue weighted by atomic mass is 15.2. The molecule has 0 unspecified atom stereocenters. The molecular weight excluding hydrogens is 398 g/mol. The minimum atomic E-state index is 0.523. The maximum atomic E-state index is 4.85. The Hall–Kier alpha value is -3.61. The van der Waals surface area contributed by atoms with Crippen LogP contribution in [-0.2, 0) is 7.05 Å². The number of hydrogen-bond acceptors (Lipinski definition) is 5. The van der Waals surface area contributed by atoms with E-state index in [-0.39, 0.29) is 0 Å². The minimum Gasteiger partial charge on any atom is -0.371 e. The van der Waals surface area contributed by atoms with E-state index in [1.807, 2.05) is 30.3 Å². The first kappa shape index (κ1) is 19.1. The van der Waals surface area contributed by atoms with Crippen LogP contribution in [0.4, 0.5) is 11.5 Å². The maximum Gasteiger partial charge on any atom is 0.136 e. The minimum absolute atomic E-state index is 0.523. The maximum absolute atomic E-state index is 4.85. The van der Waals surface area contributed by atoms with Gasteiger partial charge in [0.15, 0.2) is 0 Å². The van der Waals surface area contributed by atoms with Gasteiger partial charge < -0.3 is 15.2 Å². The summed E-state index contributed by atoms with van der Waals surface area (Å²) in [7, 11) is 1.93. The van der Waals surface area contributed by atoms with Crippen LogP contribution in [0, 0.1) is 6.92 Å². The zero-order chi connectivity index (χ0) is 21.7. The Balaban J connectivity index is 1.46. The highest BCUT2D eigenvalue weighted by molar-refractivity contribution is 6.18. The molecule has 0 spiro atoms. The molecule has 1 aromatic carbocycles. The van der Waals surface area contributed by atoms with E-state index in [9.17, 15) is 0 Å². The molecule has 4 aromatic rings. The lowest BCUT2D eigenvalue weighted by Gasteiger charge is -2.29. The summed E-state index contributed by atoms with van der Waals surface area (Å²) >= 11 is 0. The van der Waals surface area contributed by atoms with Crippen molar-refractivity contribution >= 4 is 28.1 Å². The van der Waals surface area contributed by atoms with Crippen molar-refractivity contribution in [1.82, 2.24) is 19.7 Å². The molecule has 2 N–H and O–H groups in total. The van der Waals surface area contributed by atoms with Crippen molar-refractivity contribution in [2.45, 2.75) is 26.2 Å². The summed E-state index contributed by atoms with van der Waals surface area (Å²) in [6.07, 6.45) is 9.64. The van der Waals surface area contributed by atoms with Crippen molar-refractivity contribution in [2.75, 3.05) is 30.0 Å². The van der Waals surface area contributed by atoms with E-state index >= 15 is 0 Å². The number of nitrogens with one attached hydrogen (secondary N) is 2. The molecule has 7 nitrogen and oxygen atoms in total. The van der Waals surface area contributed by atoms with Crippen molar-refractivity contribution in [1.29, 1.82) is 0 Å². The monoisotopic (exact) mass is 425 g/mol. The Morgan fingerprint density at radius 1 is 1.00 bits per heavy atom. The molecule has 0 bridgehead atoms. The van der Waals surface area contributed by atoms with Crippen LogP contribution in [0.15, 0.2) is 47.8 Å². The average Bonchev–Trinajstić information content (AvgIpc) is 3.46. The Morgan fingerprint density at radius 2 is 1.88 bits per heavy atom. The van der Waals surface area contributed by atoms with Gasteiger partial charge in [0.05, 0.1) is 23.1 Å². The number of piperidine rings is 1. The smallest absolute Gasteiger partial charge is 0.136 e. The molecule has 0 radical (unpaired) electrons. The fraction of sp³-hybridized carbons (Fsp3) is 0.320. The van der Waals surface area contributed by atoms with Crippen LogP contribution in [0.3, 0.4) is 0 Å². The Morgan fingerprint density at radius 3 is 2.69 bits per heavy atom. The van der Waals surface area contributed by atoms with E-state index in [4.69, 9.17) is 9.98 Å². The van der Waals surface area contributed by atoms with Gasteiger partial charge in [0.25, 0.3) is 0 Å². The first-order valence-corrected chi connectivity index (χ1v) is 11.3. The predicted octanol–water partition coefficient (Wildman–Crippen LogP) is 4.48. The Kier molecular flexibility index (Phi) is 4.48. The van der Waals surface area contributed by atoms with E-state index in [0.717, 1.165) is 47.0 Å². The van der Waals surface area contributed by atoms with E-state index in [0.29, 0.717) is 6.67 Å². The second kappa shape index (κ2) is 7.51. The number of anilines is 2. The van der Waals surface area contributed by atoms with Crippen LogP contribution >= 0.6 is 0 Å². The van der Waals surface area contributed by atoms with Crippen molar-refractivity contribution in [3.63, 3.8) is 0 Å². The zero-order valence-electron chi connectivity index (χ0n) is 18.5. The lowest BCUT2D eigenvalue weighted by Crippen LogP contribution is -2.29. The molecule has 2 aliphatic rings. The normalized spacial score (nSPS) is 16.1. The third kappa shape index (κ3) is 3.16. The number of nitrogens with zero attached hydrogens (tertiary/aromatic N) is 5. The molecule has 2 aliphatic heterocycles. The van der Waals surface area contributed by atoms with Gasteiger partial charge in [0.1, 0.15) is 12.5 Å². The van der Waals surface area contributed by atoms with E-state index in [1.165, 1.54) is 41.4 Å². The Bertz CT molecular complexity index is 1340. The fourth-order valence-electron chi connectivity index (χ4n) is 4.91. The molecule has 1 saturated heterocycles. The first-order chi connectivity index (χ1) is 15.7. The molecule has 3 aromatic heterocycles. The number of H-pyrrole nitrogens is 1. The molecule has 0 amide bonds. The largest absolute Gasteiger partial charge is 0.371 e. The van der Waals surface area contributed by atoms with Crippen molar-refractivity contribution in [3.05, 3.63) is 59.7 Å². The van der Waals surface area contributed by atoms with Crippen LogP contribution in [0.2, 0.25) is 0 Å². The van der Waals surface area contributed by atoms with E-state index in [1.54, 1.807) is 0 Å². The third-order valence-electron chi connectivity index (χ3n) is 6.60. The molecule has 5 heterocycles. The van der Waals surface area contributed by atoms with Gasteiger partial charge in [0, 0.05) is 60.3 Å². The van der Waals surface area contributed by atoms with Crippen LogP contribution < -0.4 is 10.2 Å². The number of pyridine rings is 1. The van der Waals surface area contributed by atoms with Crippen molar-refractivity contribution in [3.8, 4) is 11.1 Å². The molecule has 0 aliphatic carbocycles. The number of rotatable bonds is 3. The second-order valence-corrected chi connectivity index (χ2v) is 8.79. The lowest BCUT2D eigenvalue weighted by atomic mass is 10.0. The molecule has 0 atom stereocenters. The highest BCUT2D eigenvalue weighted by Gasteiger charge is 2.22. The highest BCUT2D eigenvalue weighted by Crippen LogP contribution is 2.34. The van der Waals surface area contributed by atoms with Gasteiger partial charge in [-0.25, -0.2) is 4.98 Å². The summed E-state index contributed by atoms with van der Waals surface area (Å²) in [6, 6.07) is 8.94. The average molecular weight is 426 g/mol. The molecule has 7 heteroatoms. The van der Waals surface area contributed by atoms with Gasteiger partial charge in [0.2, 0.25) is 0 Å². The molecule has 162 valence electrons. The number of aryl methyl sites for hydroxylation is 2. The topological polar surface area (TPSA) is 74.1 Å². The number of aromatic nitrogens is 4. The van der Waals surface area contributed by atoms with Crippen LogP contribution in [0.5, 0.6) is 0 Å². The fourth-order valence-corrected chi connectivity index (χ4v) is 4.91. The van der Waals surface area contributed by atoms with Crippen molar-refractivity contribution < 1.29 is 0 Å². The number of aromatic amines is 1. The number of hydrogen-bond donors (Lipinski definition) is 2. The summed E-state index contributed by atoms with van der Waals surface area (Å²) in [5, 5.41) is 8.90. The number of benzene rings is 1. The van der Waals surface area contributed by atoms with Gasteiger partial charge in [-0.1, -0.05) is 6.07 Å². The van der Waals surface area contributed by atoms with Gasteiger partial charge in [-0.05, 0) is 49.9 Å². The van der Waals surface area contributed by atoms with Crippen LogP contribution in [-0.4, -0.2) is 45.2 Å². The summed E-state index contributed by atoms with van der Waals surface area (Å²) in [6.45, 7) is 4.95. The summed E-state index contributed by atoms with van der Waals surface area (Å²) in [4.78, 5) is 15.8. The van der Waals surface area contributed by atoms with E-state index in [2.05, 4.69) is 51.5 Å². The molecule has 1 fully saturated rings. The SMILES string of the molecule is Cc1ccc(N2CCCCC2)c2cc(C3=NCNc4ncc(-c5cnn(C)c5)cc43)[nH]c12. The summed E-state index contributed by atoms with van der Waals surface area (Å²) in [5.74, 6) is 0.870. The Labute approximate surface area is 187 Å². The van der Waals surface area contributed by atoms with Crippen LogP contribution in [0.25, 0.3) is 22.0 Å². The van der Waals surface area contributed by atoms with E-state index < -0.39 is 0 Å². The van der Waals surface area contributed by atoms with Gasteiger partial charge in [-0.3, -0.25) is 9.67 Å². The van der Waals surface area contributed by atoms with Gasteiger partial charge in [-0.2, -0.15) is 5.10 Å². The van der Waals surface area contributed by atoms with Gasteiger partial charge in [-0.15, -0.1) is 0 Å².